The molecule has 1 atom stereocenters. The minimum absolute atomic E-state index is 0.267. The molecule has 0 aromatic heterocycles. The predicted molar refractivity (Wildman–Crippen MR) is 80.7 cm³/mol. The van der Waals surface area contributed by atoms with E-state index in [2.05, 4.69) is 82.8 Å². The maximum Gasteiger partial charge on any atom is 0.0577 e. The quantitative estimate of drug-likeness (QED) is 0.855. The van der Waals surface area contributed by atoms with E-state index in [1.54, 1.807) is 0 Å². The van der Waals surface area contributed by atoms with Gasteiger partial charge in [-0.05, 0) is 36.2 Å². The number of benzene rings is 2. The van der Waals surface area contributed by atoms with Crippen molar-refractivity contribution in [2.45, 2.75) is 19.4 Å². The Balaban J connectivity index is 2.31. The van der Waals surface area contributed by atoms with E-state index in [0.29, 0.717) is 0 Å². The third-order valence-electron chi connectivity index (χ3n) is 2.91. The van der Waals surface area contributed by atoms with Gasteiger partial charge in [-0.2, -0.15) is 0 Å². The summed E-state index contributed by atoms with van der Waals surface area (Å²) in [4.78, 5) is 0. The highest BCUT2D eigenvalue weighted by molar-refractivity contribution is 9.10. The molecule has 94 valence electrons. The van der Waals surface area contributed by atoms with Gasteiger partial charge in [0.05, 0.1) is 6.04 Å². The molecule has 2 rings (SSSR count). The smallest absolute Gasteiger partial charge is 0.0577 e. The van der Waals surface area contributed by atoms with Crippen molar-refractivity contribution in [2.75, 3.05) is 6.54 Å². The lowest BCUT2D eigenvalue weighted by Crippen LogP contribution is -2.23. The minimum atomic E-state index is 0.267. The van der Waals surface area contributed by atoms with Gasteiger partial charge in [0.2, 0.25) is 0 Å². The van der Waals surface area contributed by atoms with Crippen molar-refractivity contribution in [3.05, 3.63) is 70.2 Å². The van der Waals surface area contributed by atoms with Gasteiger partial charge in [-0.3, -0.25) is 0 Å². The number of hydrogen-bond acceptors (Lipinski definition) is 1. The van der Waals surface area contributed by atoms with Crippen LogP contribution in [0.2, 0.25) is 0 Å². The Morgan fingerprint density at radius 2 is 1.72 bits per heavy atom. The maximum atomic E-state index is 3.61. The van der Waals surface area contributed by atoms with E-state index >= 15 is 0 Å². The molecule has 0 bridgehead atoms. The molecule has 0 spiro atoms. The van der Waals surface area contributed by atoms with Crippen LogP contribution in [0.5, 0.6) is 0 Å². The Kier molecular flexibility index (Phi) is 4.97. The first-order valence-electron chi connectivity index (χ1n) is 6.35. The summed E-state index contributed by atoms with van der Waals surface area (Å²) in [6.45, 7) is 3.21. The van der Waals surface area contributed by atoms with Gasteiger partial charge in [0, 0.05) is 4.47 Å². The van der Waals surface area contributed by atoms with Crippen molar-refractivity contribution in [3.8, 4) is 0 Å². The predicted octanol–water partition coefficient (Wildman–Crippen LogP) is 4.54. The second-order valence-electron chi connectivity index (χ2n) is 4.35. The molecule has 0 saturated heterocycles. The zero-order valence-electron chi connectivity index (χ0n) is 10.6. The van der Waals surface area contributed by atoms with Gasteiger partial charge in [-0.15, -0.1) is 0 Å². The first kappa shape index (κ1) is 13.3. The second kappa shape index (κ2) is 6.72. The maximum absolute atomic E-state index is 3.61. The molecule has 2 heteroatoms. The van der Waals surface area contributed by atoms with Crippen LogP contribution >= 0.6 is 15.9 Å². The molecule has 2 aromatic carbocycles. The number of hydrogen-bond donors (Lipinski definition) is 1. The molecule has 0 aliphatic carbocycles. The Bertz CT molecular complexity index is 481. The largest absolute Gasteiger partial charge is 0.306 e. The van der Waals surface area contributed by atoms with E-state index < -0.39 is 0 Å². The van der Waals surface area contributed by atoms with Crippen LogP contribution in [0.4, 0.5) is 0 Å². The van der Waals surface area contributed by atoms with Gasteiger partial charge in [-0.25, -0.2) is 0 Å². The highest BCUT2D eigenvalue weighted by atomic mass is 79.9. The summed E-state index contributed by atoms with van der Waals surface area (Å²) in [5.74, 6) is 0. The van der Waals surface area contributed by atoms with Crippen LogP contribution in [0.1, 0.15) is 30.5 Å². The lowest BCUT2D eigenvalue weighted by atomic mass is 9.99. The van der Waals surface area contributed by atoms with Crippen molar-refractivity contribution in [2.24, 2.45) is 0 Å². The first-order valence-corrected chi connectivity index (χ1v) is 7.14. The van der Waals surface area contributed by atoms with Crippen LogP contribution in [0.3, 0.4) is 0 Å². The summed E-state index contributed by atoms with van der Waals surface area (Å²) in [5, 5.41) is 3.61. The summed E-state index contributed by atoms with van der Waals surface area (Å²) in [5.41, 5.74) is 2.60. The van der Waals surface area contributed by atoms with E-state index in [1.807, 2.05) is 0 Å². The average Bonchev–Trinajstić information content (AvgIpc) is 2.40. The monoisotopic (exact) mass is 303 g/mol. The number of rotatable bonds is 5. The van der Waals surface area contributed by atoms with Gasteiger partial charge < -0.3 is 5.32 Å². The summed E-state index contributed by atoms with van der Waals surface area (Å²) in [6.07, 6.45) is 1.14. The third-order valence-corrected chi connectivity index (χ3v) is 3.41. The van der Waals surface area contributed by atoms with Gasteiger partial charge in [0.25, 0.3) is 0 Å². The van der Waals surface area contributed by atoms with Crippen LogP contribution in [0, 0.1) is 0 Å². The van der Waals surface area contributed by atoms with E-state index in [-0.39, 0.29) is 6.04 Å². The molecular weight excluding hydrogens is 286 g/mol. The zero-order valence-corrected chi connectivity index (χ0v) is 12.2. The van der Waals surface area contributed by atoms with Crippen LogP contribution < -0.4 is 5.32 Å². The molecule has 0 saturated carbocycles. The fourth-order valence-corrected chi connectivity index (χ4v) is 2.47. The lowest BCUT2D eigenvalue weighted by molar-refractivity contribution is 0.598. The fourth-order valence-electron chi connectivity index (χ4n) is 2.05. The first-order chi connectivity index (χ1) is 8.81. The fraction of sp³-hybridized carbons (Fsp3) is 0.250. The van der Waals surface area contributed by atoms with Crippen molar-refractivity contribution in [3.63, 3.8) is 0 Å². The van der Waals surface area contributed by atoms with Crippen molar-refractivity contribution < 1.29 is 0 Å². The van der Waals surface area contributed by atoms with Crippen molar-refractivity contribution >= 4 is 15.9 Å². The topological polar surface area (TPSA) is 12.0 Å². The van der Waals surface area contributed by atoms with Crippen LogP contribution in [-0.4, -0.2) is 6.54 Å². The average molecular weight is 304 g/mol. The summed E-state index contributed by atoms with van der Waals surface area (Å²) >= 11 is 3.54. The van der Waals surface area contributed by atoms with Gasteiger partial charge in [-0.1, -0.05) is 65.3 Å². The lowest BCUT2D eigenvalue weighted by Gasteiger charge is -2.19. The molecule has 18 heavy (non-hydrogen) atoms. The Labute approximate surface area is 117 Å². The summed E-state index contributed by atoms with van der Waals surface area (Å²) in [6, 6.07) is 19.4. The third kappa shape index (κ3) is 3.44. The molecule has 2 aromatic rings. The van der Waals surface area contributed by atoms with Crippen LogP contribution in [-0.2, 0) is 0 Å². The van der Waals surface area contributed by atoms with E-state index in [9.17, 15) is 0 Å². The molecule has 0 aliphatic heterocycles. The molecule has 0 aliphatic rings. The number of nitrogens with one attached hydrogen (secondary N) is 1. The Hall–Kier alpha value is -1.12. The molecular formula is C16H18BrN. The Morgan fingerprint density at radius 1 is 1.00 bits per heavy atom. The highest BCUT2D eigenvalue weighted by Gasteiger charge is 2.12. The molecule has 1 nitrogen and oxygen atoms in total. The van der Waals surface area contributed by atoms with Gasteiger partial charge >= 0.3 is 0 Å². The highest BCUT2D eigenvalue weighted by Crippen LogP contribution is 2.24. The molecule has 1 unspecified atom stereocenters. The van der Waals surface area contributed by atoms with E-state index in [1.165, 1.54) is 11.1 Å². The second-order valence-corrected chi connectivity index (χ2v) is 5.27. The Morgan fingerprint density at radius 3 is 2.39 bits per heavy atom. The molecule has 1 N–H and O–H groups in total. The summed E-state index contributed by atoms with van der Waals surface area (Å²) in [7, 11) is 0. The minimum Gasteiger partial charge on any atom is -0.306 e. The standard InChI is InChI=1S/C16H18BrN/c1-2-11-18-16(13-7-4-3-5-8-13)14-9-6-10-15(17)12-14/h3-10,12,16,18H,2,11H2,1H3. The van der Waals surface area contributed by atoms with Gasteiger partial charge in [0.15, 0.2) is 0 Å². The molecule has 0 fully saturated rings. The molecule has 0 amide bonds. The summed E-state index contributed by atoms with van der Waals surface area (Å²) < 4.78 is 1.12. The zero-order chi connectivity index (χ0) is 12.8. The molecule has 0 heterocycles. The van der Waals surface area contributed by atoms with Crippen LogP contribution in [0.15, 0.2) is 59.1 Å². The van der Waals surface area contributed by atoms with Crippen molar-refractivity contribution in [1.29, 1.82) is 0 Å². The van der Waals surface area contributed by atoms with E-state index in [0.717, 1.165) is 17.4 Å². The SMILES string of the molecule is CCCNC(c1ccccc1)c1cccc(Br)c1. The number of halogens is 1. The van der Waals surface area contributed by atoms with Crippen LogP contribution in [0.25, 0.3) is 0 Å². The molecule has 0 radical (unpaired) electrons. The van der Waals surface area contributed by atoms with Crippen molar-refractivity contribution in [1.82, 2.24) is 5.32 Å². The normalized spacial score (nSPS) is 12.3. The van der Waals surface area contributed by atoms with Gasteiger partial charge in [0.1, 0.15) is 0 Å². The van der Waals surface area contributed by atoms with E-state index in [4.69, 9.17) is 0 Å².